The molecule has 1 unspecified atom stereocenters. The van der Waals surface area contributed by atoms with Gasteiger partial charge in [-0.15, -0.1) is 0 Å². The monoisotopic (exact) mass is 372 g/mol. The van der Waals surface area contributed by atoms with Crippen LogP contribution < -0.4 is 5.32 Å². The smallest absolute Gasteiger partial charge is 0.254 e. The Balaban J connectivity index is 1.81. The van der Waals surface area contributed by atoms with E-state index in [1.165, 1.54) is 0 Å². The van der Waals surface area contributed by atoms with Gasteiger partial charge in [0.2, 0.25) is 5.91 Å². The normalized spacial score (nSPS) is 25.7. The topological polar surface area (TPSA) is 69.6 Å². The number of carbonyl (C=O) groups excluding carboxylic acids is 2. The van der Waals surface area contributed by atoms with Crippen LogP contribution in [0, 0.1) is 17.8 Å². The minimum atomic E-state index is -0.496. The predicted octanol–water partition coefficient (Wildman–Crippen LogP) is 3.75. The summed E-state index contributed by atoms with van der Waals surface area (Å²) in [5, 5.41) is 13.4. The summed E-state index contributed by atoms with van der Waals surface area (Å²) in [6.07, 6.45) is 4.51. The van der Waals surface area contributed by atoms with Gasteiger partial charge in [0, 0.05) is 35.2 Å². The second kappa shape index (κ2) is 7.27. The Kier molecular flexibility index (Phi) is 5.35. The molecule has 2 amide bonds. The van der Waals surface area contributed by atoms with Crippen LogP contribution in [0.15, 0.2) is 18.2 Å². The zero-order chi connectivity index (χ0) is 19.8. The highest BCUT2D eigenvalue weighted by atomic mass is 16.3. The molecule has 1 spiro atoms. The maximum atomic E-state index is 13.2. The maximum absolute atomic E-state index is 13.2. The highest BCUT2D eigenvalue weighted by Crippen LogP contribution is 2.45. The first kappa shape index (κ1) is 19.9. The van der Waals surface area contributed by atoms with E-state index in [-0.39, 0.29) is 23.3 Å². The summed E-state index contributed by atoms with van der Waals surface area (Å²) in [4.78, 5) is 27.5. The fraction of sp³-hybridized carbons (Fsp3) is 0.636. The van der Waals surface area contributed by atoms with Crippen molar-refractivity contribution >= 4 is 17.5 Å². The molecule has 2 N–H and O–H groups in total. The van der Waals surface area contributed by atoms with Crippen LogP contribution in [-0.2, 0) is 4.79 Å². The van der Waals surface area contributed by atoms with Crippen molar-refractivity contribution < 1.29 is 14.7 Å². The van der Waals surface area contributed by atoms with Gasteiger partial charge in [-0.25, -0.2) is 0 Å². The molecule has 5 heteroatoms. The van der Waals surface area contributed by atoms with Crippen LogP contribution in [0.25, 0.3) is 0 Å². The number of amides is 2. The molecule has 1 aromatic carbocycles. The number of likely N-dealkylation sites (tertiary alicyclic amines) is 1. The molecule has 2 atom stereocenters. The molecule has 2 aliphatic rings. The molecule has 5 nitrogen and oxygen atoms in total. The highest BCUT2D eigenvalue weighted by molar-refractivity contribution is 6.00. The molecule has 148 valence electrons. The lowest BCUT2D eigenvalue weighted by atomic mass is 9.76. The Morgan fingerprint density at radius 3 is 2.56 bits per heavy atom. The van der Waals surface area contributed by atoms with Gasteiger partial charge in [0.1, 0.15) is 0 Å². The van der Waals surface area contributed by atoms with Gasteiger partial charge in [0.05, 0.1) is 6.10 Å². The van der Waals surface area contributed by atoms with E-state index in [0.717, 1.165) is 44.2 Å². The van der Waals surface area contributed by atoms with Crippen LogP contribution in [0.1, 0.15) is 68.8 Å². The van der Waals surface area contributed by atoms with Crippen molar-refractivity contribution in [1.29, 1.82) is 0 Å². The molecule has 1 saturated heterocycles. The zero-order valence-electron chi connectivity index (χ0n) is 17.0. The van der Waals surface area contributed by atoms with Crippen molar-refractivity contribution in [2.24, 2.45) is 10.8 Å². The van der Waals surface area contributed by atoms with Crippen molar-refractivity contribution in [3.8, 4) is 0 Å². The second-order valence-corrected chi connectivity index (χ2v) is 9.28. The van der Waals surface area contributed by atoms with Crippen molar-refractivity contribution in [3.05, 3.63) is 29.3 Å². The summed E-state index contributed by atoms with van der Waals surface area (Å²) in [6.45, 7) is 8.85. The number of piperidine rings is 1. The molecular formula is C22H32N2O3. The third-order valence-electron chi connectivity index (χ3n) is 6.25. The molecule has 1 aromatic rings. The third kappa shape index (κ3) is 3.88. The van der Waals surface area contributed by atoms with Crippen LogP contribution in [0.5, 0.6) is 0 Å². The van der Waals surface area contributed by atoms with Gasteiger partial charge in [0.15, 0.2) is 0 Å². The molecule has 3 rings (SSSR count). The lowest BCUT2D eigenvalue weighted by Gasteiger charge is -2.42. The minimum absolute atomic E-state index is 0.00228. The second-order valence-electron chi connectivity index (χ2n) is 9.28. The Bertz CT molecular complexity index is 738. The molecule has 0 aromatic heterocycles. The molecule has 27 heavy (non-hydrogen) atoms. The van der Waals surface area contributed by atoms with Crippen molar-refractivity contribution in [2.75, 3.05) is 18.4 Å². The SMILES string of the molecule is Cc1c(NC(=O)C(C)(C)C)cccc1C(=O)N1CCC[C@@]2(CCCC2O)C1. The fourth-order valence-electron chi connectivity index (χ4n) is 4.41. The average molecular weight is 373 g/mol. The Labute approximate surface area is 162 Å². The lowest BCUT2D eigenvalue weighted by molar-refractivity contribution is -0.123. The predicted molar refractivity (Wildman–Crippen MR) is 107 cm³/mol. The molecule has 0 bridgehead atoms. The molecule has 1 aliphatic carbocycles. The summed E-state index contributed by atoms with van der Waals surface area (Å²) in [7, 11) is 0. The van der Waals surface area contributed by atoms with Crippen LogP contribution in [0.4, 0.5) is 5.69 Å². The van der Waals surface area contributed by atoms with Gasteiger partial charge in [-0.3, -0.25) is 9.59 Å². The van der Waals surface area contributed by atoms with Crippen LogP contribution in [0.2, 0.25) is 0 Å². The summed E-state index contributed by atoms with van der Waals surface area (Å²) < 4.78 is 0. The number of benzene rings is 1. The molecule has 0 radical (unpaired) electrons. The van der Waals surface area contributed by atoms with E-state index in [1.54, 1.807) is 0 Å². The third-order valence-corrected chi connectivity index (χ3v) is 6.25. The molecule has 1 heterocycles. The van der Waals surface area contributed by atoms with E-state index in [1.807, 2.05) is 50.8 Å². The van der Waals surface area contributed by atoms with E-state index >= 15 is 0 Å². The Morgan fingerprint density at radius 2 is 1.93 bits per heavy atom. The first-order valence-electron chi connectivity index (χ1n) is 10.0. The number of nitrogens with zero attached hydrogens (tertiary/aromatic N) is 1. The molecular weight excluding hydrogens is 340 g/mol. The van der Waals surface area contributed by atoms with Crippen LogP contribution in [0.3, 0.4) is 0 Å². The Morgan fingerprint density at radius 1 is 1.22 bits per heavy atom. The van der Waals surface area contributed by atoms with Crippen molar-refractivity contribution in [1.82, 2.24) is 4.90 Å². The van der Waals surface area contributed by atoms with Gasteiger partial charge in [-0.05, 0) is 50.3 Å². The molecule has 1 aliphatic heterocycles. The van der Waals surface area contributed by atoms with E-state index in [0.29, 0.717) is 17.8 Å². The largest absolute Gasteiger partial charge is 0.392 e. The zero-order valence-corrected chi connectivity index (χ0v) is 17.0. The Hall–Kier alpha value is -1.88. The molecule has 1 saturated carbocycles. The summed E-state index contributed by atoms with van der Waals surface area (Å²) in [5.74, 6) is -0.0706. The van der Waals surface area contributed by atoms with Gasteiger partial charge in [-0.2, -0.15) is 0 Å². The number of hydrogen-bond acceptors (Lipinski definition) is 3. The number of anilines is 1. The van der Waals surface area contributed by atoms with E-state index in [4.69, 9.17) is 0 Å². The first-order chi connectivity index (χ1) is 12.6. The van der Waals surface area contributed by atoms with Crippen LogP contribution >= 0.6 is 0 Å². The fourth-order valence-corrected chi connectivity index (χ4v) is 4.41. The van der Waals surface area contributed by atoms with Crippen LogP contribution in [-0.4, -0.2) is 41.0 Å². The van der Waals surface area contributed by atoms with Gasteiger partial charge in [0.25, 0.3) is 5.91 Å². The summed E-state index contributed by atoms with van der Waals surface area (Å²) in [5.41, 5.74) is 1.50. The van der Waals surface area contributed by atoms with E-state index in [9.17, 15) is 14.7 Å². The van der Waals surface area contributed by atoms with Gasteiger partial charge < -0.3 is 15.3 Å². The first-order valence-corrected chi connectivity index (χ1v) is 10.0. The lowest BCUT2D eigenvalue weighted by Crippen LogP contribution is -2.49. The number of carbonyl (C=O) groups is 2. The number of aliphatic hydroxyl groups is 1. The highest BCUT2D eigenvalue weighted by Gasteiger charge is 2.45. The number of aliphatic hydroxyl groups excluding tert-OH is 1. The average Bonchev–Trinajstić information content (AvgIpc) is 2.95. The van der Waals surface area contributed by atoms with Crippen molar-refractivity contribution in [3.63, 3.8) is 0 Å². The van der Waals surface area contributed by atoms with E-state index < -0.39 is 5.41 Å². The van der Waals surface area contributed by atoms with Gasteiger partial charge in [-0.1, -0.05) is 33.3 Å². The summed E-state index contributed by atoms with van der Waals surface area (Å²) >= 11 is 0. The number of rotatable bonds is 2. The number of hydrogen-bond donors (Lipinski definition) is 2. The standard InChI is InChI=1S/C22H32N2O3/c1-15-16(8-5-9-17(15)23-20(27)21(2,3)4)19(26)24-13-7-12-22(14-24)11-6-10-18(22)25/h5,8-9,18,25H,6-7,10-14H2,1-4H3,(H,23,27)/t18?,22-/m0/s1. The summed E-state index contributed by atoms with van der Waals surface area (Å²) in [6, 6.07) is 5.49. The van der Waals surface area contributed by atoms with Crippen molar-refractivity contribution in [2.45, 2.75) is 65.9 Å². The maximum Gasteiger partial charge on any atom is 0.254 e. The van der Waals surface area contributed by atoms with Gasteiger partial charge >= 0.3 is 0 Å². The number of nitrogens with one attached hydrogen (secondary N) is 1. The van der Waals surface area contributed by atoms with E-state index in [2.05, 4.69) is 5.32 Å². The molecule has 2 fully saturated rings. The quantitative estimate of drug-likeness (QED) is 0.831. The minimum Gasteiger partial charge on any atom is -0.392 e.